The van der Waals surface area contributed by atoms with Crippen LogP contribution in [0.1, 0.15) is 33.1 Å². The molecule has 0 aromatic heterocycles. The van der Waals surface area contributed by atoms with Crippen LogP contribution in [0.15, 0.2) is 29.2 Å². The lowest BCUT2D eigenvalue weighted by atomic mass is 10.2. The number of thioether (sulfide) groups is 1. The highest BCUT2D eigenvalue weighted by Crippen LogP contribution is 2.25. The molecule has 0 radical (unpaired) electrons. The number of anilines is 1. The van der Waals surface area contributed by atoms with E-state index in [9.17, 15) is 8.42 Å². The Hall–Kier alpha value is -0.720. The van der Waals surface area contributed by atoms with Crippen LogP contribution in [0, 0.1) is 0 Å². The molecule has 0 spiro atoms. The van der Waals surface area contributed by atoms with E-state index in [0.29, 0.717) is 10.1 Å². The zero-order chi connectivity index (χ0) is 15.3. The fourth-order valence-electron chi connectivity index (χ4n) is 2.33. The summed E-state index contributed by atoms with van der Waals surface area (Å²) in [5, 5.41) is 4.07. The van der Waals surface area contributed by atoms with Crippen LogP contribution < -0.4 is 10.0 Å². The summed E-state index contributed by atoms with van der Waals surface area (Å²) in [4.78, 5) is 0.314. The van der Waals surface area contributed by atoms with Gasteiger partial charge in [-0.15, -0.1) is 0 Å². The largest absolute Gasteiger partial charge is 0.384 e. The molecule has 0 aliphatic carbocycles. The number of hydrogen-bond acceptors (Lipinski definition) is 4. The Balaban J connectivity index is 1.92. The third-order valence-electron chi connectivity index (χ3n) is 3.36. The number of nitrogens with one attached hydrogen (secondary N) is 2. The fraction of sp³-hybridized carbons (Fsp3) is 0.600. The van der Waals surface area contributed by atoms with Gasteiger partial charge in [0.05, 0.1) is 4.90 Å². The zero-order valence-electron chi connectivity index (χ0n) is 12.6. The molecule has 2 rings (SSSR count). The summed E-state index contributed by atoms with van der Waals surface area (Å²) in [6.45, 7) is 4.58. The Morgan fingerprint density at radius 3 is 2.52 bits per heavy atom. The van der Waals surface area contributed by atoms with Gasteiger partial charge < -0.3 is 5.32 Å². The normalized spacial score (nSPS) is 19.7. The predicted octanol–water partition coefficient (Wildman–Crippen LogP) is 3.07. The summed E-state index contributed by atoms with van der Waals surface area (Å²) in [6, 6.07) is 6.88. The second kappa shape index (κ2) is 7.51. The Morgan fingerprint density at radius 2 is 1.95 bits per heavy atom. The first kappa shape index (κ1) is 16.6. The van der Waals surface area contributed by atoms with Crippen molar-refractivity contribution in [1.82, 2.24) is 4.72 Å². The second-order valence-corrected chi connectivity index (χ2v) is 8.79. The van der Waals surface area contributed by atoms with Gasteiger partial charge in [0.25, 0.3) is 0 Å². The minimum Gasteiger partial charge on any atom is -0.384 e. The van der Waals surface area contributed by atoms with Crippen molar-refractivity contribution in [1.29, 1.82) is 0 Å². The van der Waals surface area contributed by atoms with Crippen molar-refractivity contribution in [3.8, 4) is 0 Å². The maximum Gasteiger partial charge on any atom is 0.240 e. The van der Waals surface area contributed by atoms with E-state index in [4.69, 9.17) is 0 Å². The molecule has 0 saturated carbocycles. The highest BCUT2D eigenvalue weighted by molar-refractivity contribution is 7.99. The van der Waals surface area contributed by atoms with E-state index in [2.05, 4.69) is 10.0 Å². The van der Waals surface area contributed by atoms with Crippen molar-refractivity contribution >= 4 is 27.5 Å². The highest BCUT2D eigenvalue weighted by Gasteiger charge is 2.16. The molecule has 1 saturated heterocycles. The van der Waals surface area contributed by atoms with Crippen molar-refractivity contribution in [2.24, 2.45) is 0 Å². The first-order valence-corrected chi connectivity index (χ1v) is 9.98. The van der Waals surface area contributed by atoms with Crippen LogP contribution in [0.4, 0.5) is 5.69 Å². The molecule has 1 aromatic rings. The van der Waals surface area contributed by atoms with E-state index >= 15 is 0 Å². The maximum absolute atomic E-state index is 12.0. The summed E-state index contributed by atoms with van der Waals surface area (Å²) < 4.78 is 26.6. The van der Waals surface area contributed by atoms with Crippen molar-refractivity contribution in [3.63, 3.8) is 0 Å². The molecule has 4 nitrogen and oxygen atoms in total. The van der Waals surface area contributed by atoms with Crippen LogP contribution in [-0.4, -0.2) is 32.0 Å². The minimum atomic E-state index is -3.39. The van der Waals surface area contributed by atoms with E-state index in [1.54, 1.807) is 12.1 Å². The third-order valence-corrected chi connectivity index (χ3v) is 6.44. The van der Waals surface area contributed by atoms with Crippen LogP contribution in [0.5, 0.6) is 0 Å². The molecule has 6 heteroatoms. The van der Waals surface area contributed by atoms with Gasteiger partial charge >= 0.3 is 0 Å². The van der Waals surface area contributed by atoms with Crippen molar-refractivity contribution in [2.45, 2.75) is 49.3 Å². The fourth-order valence-corrected chi connectivity index (χ4v) is 4.82. The molecule has 118 valence electrons. The topological polar surface area (TPSA) is 58.2 Å². The van der Waals surface area contributed by atoms with Crippen LogP contribution in [0.2, 0.25) is 0 Å². The van der Waals surface area contributed by atoms with Crippen LogP contribution in [-0.2, 0) is 10.0 Å². The van der Waals surface area contributed by atoms with Crippen LogP contribution in [0.3, 0.4) is 0 Å². The van der Waals surface area contributed by atoms with Gasteiger partial charge in [-0.25, -0.2) is 13.1 Å². The summed E-state index contributed by atoms with van der Waals surface area (Å²) >= 11 is 2.03. The summed E-state index contributed by atoms with van der Waals surface area (Å²) in [6.07, 6.45) is 3.91. The lowest BCUT2D eigenvalue weighted by molar-refractivity contribution is 0.570. The van der Waals surface area contributed by atoms with Gasteiger partial charge in [-0.3, -0.25) is 0 Å². The lowest BCUT2D eigenvalue weighted by Crippen LogP contribution is -2.30. The monoisotopic (exact) mass is 328 g/mol. The molecule has 21 heavy (non-hydrogen) atoms. The average molecular weight is 329 g/mol. The van der Waals surface area contributed by atoms with Gasteiger partial charge in [-0.05, 0) is 56.7 Å². The molecule has 1 fully saturated rings. The van der Waals surface area contributed by atoms with E-state index in [0.717, 1.165) is 12.2 Å². The van der Waals surface area contributed by atoms with Crippen molar-refractivity contribution in [3.05, 3.63) is 24.3 Å². The molecule has 1 aliphatic rings. The smallest absolute Gasteiger partial charge is 0.240 e. The third kappa shape index (κ3) is 5.20. The number of hydrogen-bond donors (Lipinski definition) is 2. The number of rotatable bonds is 6. The predicted molar refractivity (Wildman–Crippen MR) is 90.5 cm³/mol. The molecule has 2 N–H and O–H groups in total. The first-order valence-electron chi connectivity index (χ1n) is 7.45. The standard InChI is InChI=1S/C15H24N2O2S2/c1-12(2)17-21(18,19)15-8-6-13(7-9-15)16-11-14-5-3-4-10-20-14/h6-9,12,14,16-17H,3-5,10-11H2,1-2H3. The van der Waals surface area contributed by atoms with Gasteiger partial charge in [-0.2, -0.15) is 11.8 Å². The lowest BCUT2D eigenvalue weighted by Gasteiger charge is -2.22. The molecule has 1 atom stereocenters. The molecule has 1 heterocycles. The Morgan fingerprint density at radius 1 is 1.24 bits per heavy atom. The second-order valence-electron chi connectivity index (χ2n) is 5.67. The van der Waals surface area contributed by atoms with E-state index < -0.39 is 10.0 Å². The average Bonchev–Trinajstić information content (AvgIpc) is 2.45. The summed E-state index contributed by atoms with van der Waals surface area (Å²) in [5.41, 5.74) is 0.977. The molecular formula is C15H24N2O2S2. The first-order chi connectivity index (χ1) is 9.97. The molecule has 1 aromatic carbocycles. The molecule has 1 aliphatic heterocycles. The molecule has 1 unspecified atom stereocenters. The zero-order valence-corrected chi connectivity index (χ0v) is 14.3. The van der Waals surface area contributed by atoms with Crippen LogP contribution in [0.25, 0.3) is 0 Å². The molecule has 0 bridgehead atoms. The van der Waals surface area contributed by atoms with E-state index in [-0.39, 0.29) is 6.04 Å². The molecular weight excluding hydrogens is 304 g/mol. The highest BCUT2D eigenvalue weighted by atomic mass is 32.2. The number of sulfonamides is 1. The molecule has 0 amide bonds. The van der Waals surface area contributed by atoms with Gasteiger partial charge in [0.2, 0.25) is 10.0 Å². The summed E-state index contributed by atoms with van der Waals surface area (Å²) in [5.74, 6) is 1.25. The SMILES string of the molecule is CC(C)NS(=O)(=O)c1ccc(NCC2CCCCS2)cc1. The van der Waals surface area contributed by atoms with E-state index in [1.807, 2.05) is 37.7 Å². The minimum absolute atomic E-state index is 0.101. The van der Waals surface area contributed by atoms with Gasteiger partial charge in [-0.1, -0.05) is 6.42 Å². The maximum atomic E-state index is 12.0. The van der Waals surface area contributed by atoms with Gasteiger partial charge in [0.15, 0.2) is 0 Å². The van der Waals surface area contributed by atoms with E-state index in [1.165, 1.54) is 25.0 Å². The Kier molecular flexibility index (Phi) is 5.96. The van der Waals surface area contributed by atoms with Crippen LogP contribution >= 0.6 is 11.8 Å². The summed E-state index contributed by atoms with van der Waals surface area (Å²) in [7, 11) is -3.39. The van der Waals surface area contributed by atoms with Gasteiger partial charge in [0, 0.05) is 23.5 Å². The Bertz CT molecular complexity index is 535. The number of benzene rings is 1. The van der Waals surface area contributed by atoms with Crippen molar-refractivity contribution in [2.75, 3.05) is 17.6 Å². The van der Waals surface area contributed by atoms with Crippen molar-refractivity contribution < 1.29 is 8.42 Å². The quantitative estimate of drug-likeness (QED) is 0.842. The van der Waals surface area contributed by atoms with Gasteiger partial charge in [0.1, 0.15) is 0 Å². The Labute approximate surface area is 132 Å².